The van der Waals surface area contributed by atoms with E-state index in [0.717, 1.165) is 103 Å². The number of amides is 2. The third kappa shape index (κ3) is 13.9. The molecule has 0 saturated heterocycles. The van der Waals surface area contributed by atoms with Crippen LogP contribution in [0.3, 0.4) is 0 Å². The molecule has 2 N–H and O–H groups in total. The molecular formula is C37H58N4O8. The maximum absolute atomic E-state index is 12.8. The lowest BCUT2D eigenvalue weighted by atomic mass is 9.73. The van der Waals surface area contributed by atoms with E-state index in [1.165, 1.54) is 19.8 Å². The summed E-state index contributed by atoms with van der Waals surface area (Å²) in [6.45, 7) is 2.86. The Morgan fingerprint density at radius 1 is 0.653 bits per heavy atom. The molecule has 274 valence electrons. The summed E-state index contributed by atoms with van der Waals surface area (Å²) in [5, 5.41) is 5.91. The largest absolute Gasteiger partial charge is 0.462 e. The van der Waals surface area contributed by atoms with E-state index in [-0.39, 0.29) is 37.4 Å². The summed E-state index contributed by atoms with van der Waals surface area (Å²) in [5.41, 5.74) is 0. The van der Waals surface area contributed by atoms with Crippen molar-refractivity contribution in [2.24, 2.45) is 39.6 Å². The molecule has 12 heteroatoms. The fourth-order valence-electron chi connectivity index (χ4n) is 8.77. The Kier molecular flexibility index (Phi) is 16.1. The summed E-state index contributed by atoms with van der Waals surface area (Å²) in [6, 6.07) is 0.256. The highest BCUT2D eigenvalue weighted by atomic mass is 16.6. The molecule has 4 saturated carbocycles. The van der Waals surface area contributed by atoms with Gasteiger partial charge < -0.3 is 24.8 Å². The second kappa shape index (κ2) is 20.4. The van der Waals surface area contributed by atoms with Crippen LogP contribution in [0.4, 0.5) is 9.59 Å². The van der Waals surface area contributed by atoms with Crippen LogP contribution >= 0.6 is 0 Å². The lowest BCUT2D eigenvalue weighted by molar-refractivity contribution is -0.144. The first kappa shape index (κ1) is 38.6. The van der Waals surface area contributed by atoms with E-state index >= 15 is 0 Å². The van der Waals surface area contributed by atoms with Gasteiger partial charge in [-0.3, -0.25) is 4.79 Å². The fourth-order valence-corrected chi connectivity index (χ4v) is 8.77. The van der Waals surface area contributed by atoms with E-state index < -0.39 is 24.3 Å². The standard InChI is InChI=1S/C37H58N4O8/c1-25(31-11-3-27(4-12-31)19-28-5-13-32(14-6-28)38-23-42)40-36(45)48-22-35(21-47-26(2)44)49-37(46)41-34-17-9-30(10-18-34)20-29-7-15-33(16-8-29)39-24-43/h25,27-35H,3-22H2,1-2H3,(H,40,45)(H,41,46). The lowest BCUT2D eigenvalue weighted by Gasteiger charge is -2.35. The SMILES string of the molecule is CC(=O)OCC(COC(=O)NC(C)C1CCC(CC2CCC(N=C=O)CC2)CC1)OC(=O)NC1CCC(CC2CCC(N=C=O)CC2)CC1. The number of hydrogen-bond donors (Lipinski definition) is 2. The van der Waals surface area contributed by atoms with E-state index in [2.05, 4.69) is 20.6 Å². The number of nitrogens with one attached hydrogen (secondary N) is 2. The van der Waals surface area contributed by atoms with Crippen molar-refractivity contribution in [3.63, 3.8) is 0 Å². The number of aliphatic imine (C=N–C) groups is 2. The van der Waals surface area contributed by atoms with Gasteiger partial charge in [-0.1, -0.05) is 12.8 Å². The van der Waals surface area contributed by atoms with Crippen molar-refractivity contribution in [3.8, 4) is 0 Å². The number of alkyl carbamates (subject to hydrolysis) is 2. The maximum Gasteiger partial charge on any atom is 0.407 e. The number of carbonyl (C=O) groups is 3. The first-order valence-corrected chi connectivity index (χ1v) is 18.9. The fraction of sp³-hybridized carbons (Fsp3) is 0.865. The molecule has 0 aromatic rings. The molecule has 2 atom stereocenters. The molecule has 12 nitrogen and oxygen atoms in total. The highest BCUT2D eigenvalue weighted by Crippen LogP contribution is 2.39. The van der Waals surface area contributed by atoms with Crippen molar-refractivity contribution in [2.45, 2.75) is 160 Å². The van der Waals surface area contributed by atoms with Crippen LogP contribution in [0.25, 0.3) is 0 Å². The van der Waals surface area contributed by atoms with E-state index in [0.29, 0.717) is 29.6 Å². The van der Waals surface area contributed by atoms with Crippen molar-refractivity contribution in [3.05, 3.63) is 0 Å². The molecule has 4 fully saturated rings. The Labute approximate surface area is 291 Å². The van der Waals surface area contributed by atoms with Gasteiger partial charge in [0.05, 0.1) is 12.1 Å². The lowest BCUT2D eigenvalue weighted by Crippen LogP contribution is -2.43. The van der Waals surface area contributed by atoms with Crippen molar-refractivity contribution >= 4 is 30.3 Å². The summed E-state index contributed by atoms with van der Waals surface area (Å²) < 4.78 is 16.1. The van der Waals surface area contributed by atoms with Crippen molar-refractivity contribution in [1.29, 1.82) is 0 Å². The minimum absolute atomic E-state index is 0.00844. The Bertz CT molecular complexity index is 1140. The minimum atomic E-state index is -0.921. The van der Waals surface area contributed by atoms with Crippen LogP contribution in [0, 0.1) is 29.6 Å². The highest BCUT2D eigenvalue weighted by Gasteiger charge is 2.31. The van der Waals surface area contributed by atoms with Crippen LogP contribution in [0.1, 0.15) is 129 Å². The van der Waals surface area contributed by atoms with Gasteiger partial charge in [-0.15, -0.1) is 0 Å². The zero-order valence-electron chi connectivity index (χ0n) is 29.6. The average Bonchev–Trinajstić information content (AvgIpc) is 3.09. The smallest absolute Gasteiger partial charge is 0.407 e. The van der Waals surface area contributed by atoms with Crippen LogP contribution in [0.15, 0.2) is 9.98 Å². The third-order valence-corrected chi connectivity index (χ3v) is 11.7. The van der Waals surface area contributed by atoms with Gasteiger partial charge in [0.25, 0.3) is 0 Å². The quantitative estimate of drug-likeness (QED) is 0.0884. The summed E-state index contributed by atoms with van der Waals surface area (Å²) in [5.74, 6) is 2.58. The molecule has 0 bridgehead atoms. The number of hydrogen-bond acceptors (Lipinski definition) is 10. The maximum atomic E-state index is 12.8. The van der Waals surface area contributed by atoms with E-state index in [1.54, 1.807) is 12.2 Å². The van der Waals surface area contributed by atoms with Gasteiger partial charge in [0.1, 0.15) is 13.2 Å². The highest BCUT2D eigenvalue weighted by molar-refractivity contribution is 5.69. The molecule has 0 radical (unpaired) electrons. The predicted octanol–water partition coefficient (Wildman–Crippen LogP) is 6.69. The van der Waals surface area contributed by atoms with Crippen LogP contribution in [0.2, 0.25) is 0 Å². The van der Waals surface area contributed by atoms with Crippen molar-refractivity contribution in [1.82, 2.24) is 10.6 Å². The second-order valence-corrected chi connectivity index (χ2v) is 15.3. The Morgan fingerprint density at radius 3 is 1.57 bits per heavy atom. The Balaban J connectivity index is 1.11. The molecule has 0 spiro atoms. The minimum Gasteiger partial charge on any atom is -0.462 e. The summed E-state index contributed by atoms with van der Waals surface area (Å²) in [4.78, 5) is 65.8. The molecule has 4 aliphatic rings. The number of rotatable bonds is 14. The van der Waals surface area contributed by atoms with Crippen LogP contribution in [-0.2, 0) is 28.6 Å². The number of carbonyl (C=O) groups excluding carboxylic acids is 5. The average molecular weight is 687 g/mol. The van der Waals surface area contributed by atoms with Crippen molar-refractivity contribution < 1.29 is 38.2 Å². The normalized spacial score (nSPS) is 31.4. The molecule has 0 heterocycles. The summed E-state index contributed by atoms with van der Waals surface area (Å²) in [6.07, 6.45) is 20.3. The number of esters is 1. The molecule has 2 amide bonds. The van der Waals surface area contributed by atoms with Crippen LogP contribution < -0.4 is 10.6 Å². The molecule has 49 heavy (non-hydrogen) atoms. The Hall–Kier alpha value is -3.23. The summed E-state index contributed by atoms with van der Waals surface area (Å²) in [7, 11) is 0. The molecule has 2 unspecified atom stereocenters. The molecule has 0 aromatic heterocycles. The van der Waals surface area contributed by atoms with Crippen LogP contribution in [0.5, 0.6) is 0 Å². The third-order valence-electron chi connectivity index (χ3n) is 11.7. The van der Waals surface area contributed by atoms with E-state index in [9.17, 15) is 24.0 Å². The van der Waals surface area contributed by atoms with Gasteiger partial charge in [0.2, 0.25) is 12.2 Å². The van der Waals surface area contributed by atoms with E-state index in [1.807, 2.05) is 6.92 Å². The van der Waals surface area contributed by atoms with Gasteiger partial charge in [-0.05, 0) is 139 Å². The van der Waals surface area contributed by atoms with Gasteiger partial charge in [-0.2, -0.15) is 0 Å². The topological polar surface area (TPSA) is 162 Å². The monoisotopic (exact) mass is 686 g/mol. The molecule has 0 aliphatic heterocycles. The zero-order chi connectivity index (χ0) is 35.0. The molecular weight excluding hydrogens is 628 g/mol. The first-order valence-electron chi connectivity index (χ1n) is 18.9. The predicted molar refractivity (Wildman–Crippen MR) is 182 cm³/mol. The summed E-state index contributed by atoms with van der Waals surface area (Å²) >= 11 is 0. The molecule has 4 aliphatic carbocycles. The number of isocyanates is 2. The first-order chi connectivity index (χ1) is 23.7. The van der Waals surface area contributed by atoms with Gasteiger partial charge >= 0.3 is 18.2 Å². The zero-order valence-corrected chi connectivity index (χ0v) is 29.6. The molecule has 0 aromatic carbocycles. The van der Waals surface area contributed by atoms with Gasteiger partial charge in [0.15, 0.2) is 6.10 Å². The number of nitrogens with zero attached hydrogens (tertiary/aromatic N) is 2. The van der Waals surface area contributed by atoms with Gasteiger partial charge in [0, 0.05) is 19.0 Å². The second-order valence-electron chi connectivity index (χ2n) is 15.3. The molecule has 4 rings (SSSR count). The van der Waals surface area contributed by atoms with Crippen molar-refractivity contribution in [2.75, 3.05) is 13.2 Å². The van der Waals surface area contributed by atoms with Gasteiger partial charge in [-0.25, -0.2) is 29.2 Å². The van der Waals surface area contributed by atoms with Crippen LogP contribution in [-0.4, -0.2) is 73.8 Å². The van der Waals surface area contributed by atoms with E-state index in [4.69, 9.17) is 14.2 Å². The number of ether oxygens (including phenoxy) is 3. The Morgan fingerprint density at radius 2 is 1.10 bits per heavy atom.